The number of carbonyl (C=O) groups is 1. The van der Waals surface area contributed by atoms with E-state index in [1.165, 1.54) is 0 Å². The summed E-state index contributed by atoms with van der Waals surface area (Å²) in [4.78, 5) is 17.0. The Bertz CT molecular complexity index is 933. The summed E-state index contributed by atoms with van der Waals surface area (Å²) >= 11 is 0. The smallest absolute Gasteiger partial charge is 0.223 e. The maximum absolute atomic E-state index is 12.8. The molecule has 0 saturated carbocycles. The van der Waals surface area contributed by atoms with Gasteiger partial charge in [-0.15, -0.1) is 0 Å². The number of hydrogen-bond acceptors (Lipinski definition) is 6. The van der Waals surface area contributed by atoms with E-state index in [1.54, 1.807) is 26.2 Å². The van der Waals surface area contributed by atoms with Crippen molar-refractivity contribution < 1.29 is 18.8 Å². The fourth-order valence-corrected chi connectivity index (χ4v) is 2.68. The first-order valence-corrected chi connectivity index (χ1v) is 8.73. The minimum Gasteiger partial charge on any atom is -0.493 e. The van der Waals surface area contributed by atoms with Crippen molar-refractivity contribution in [3.63, 3.8) is 0 Å². The molecule has 0 aliphatic heterocycles. The summed E-state index contributed by atoms with van der Waals surface area (Å²) in [6.45, 7) is 5.77. The minimum atomic E-state index is -0.188. The third kappa shape index (κ3) is 4.16. The van der Waals surface area contributed by atoms with Crippen LogP contribution in [0.3, 0.4) is 0 Å². The van der Waals surface area contributed by atoms with E-state index in [0.29, 0.717) is 40.9 Å². The van der Waals surface area contributed by atoms with Crippen LogP contribution in [0.4, 0.5) is 0 Å². The number of aryl methyl sites for hydroxylation is 1. The van der Waals surface area contributed by atoms with Crippen LogP contribution in [0.15, 0.2) is 47.0 Å². The van der Waals surface area contributed by atoms with Gasteiger partial charge in [0.1, 0.15) is 6.61 Å². The highest BCUT2D eigenvalue weighted by Gasteiger charge is 2.23. The number of ketones is 1. The number of rotatable bonds is 7. The van der Waals surface area contributed by atoms with Gasteiger partial charge in [-0.05, 0) is 17.7 Å². The van der Waals surface area contributed by atoms with Gasteiger partial charge >= 0.3 is 0 Å². The quantitative estimate of drug-likeness (QED) is 0.574. The fourth-order valence-electron chi connectivity index (χ4n) is 2.68. The Morgan fingerprint density at radius 1 is 1.15 bits per heavy atom. The van der Waals surface area contributed by atoms with E-state index in [-0.39, 0.29) is 11.7 Å². The SMILES string of the molecule is COc1cc(-c2noc(C)n2)c(C(=O)C(C)C)cc1OCc1ccccc1. The van der Waals surface area contributed by atoms with Crippen LogP contribution in [0.5, 0.6) is 11.5 Å². The molecule has 0 aliphatic rings. The van der Waals surface area contributed by atoms with Gasteiger partial charge in [0.15, 0.2) is 17.3 Å². The van der Waals surface area contributed by atoms with Gasteiger partial charge < -0.3 is 14.0 Å². The molecule has 0 aliphatic carbocycles. The van der Waals surface area contributed by atoms with Gasteiger partial charge in [-0.2, -0.15) is 4.98 Å². The highest BCUT2D eigenvalue weighted by Crippen LogP contribution is 2.36. The van der Waals surface area contributed by atoms with Gasteiger partial charge in [-0.1, -0.05) is 49.3 Å². The lowest BCUT2D eigenvalue weighted by Gasteiger charge is -2.15. The molecule has 1 heterocycles. The van der Waals surface area contributed by atoms with Crippen LogP contribution in [0, 0.1) is 12.8 Å². The van der Waals surface area contributed by atoms with Gasteiger partial charge in [0, 0.05) is 24.0 Å². The normalized spacial score (nSPS) is 10.9. The molecule has 0 fully saturated rings. The lowest BCUT2D eigenvalue weighted by Crippen LogP contribution is -2.10. The van der Waals surface area contributed by atoms with Crippen LogP contribution >= 0.6 is 0 Å². The van der Waals surface area contributed by atoms with Gasteiger partial charge in [-0.3, -0.25) is 4.79 Å². The maximum atomic E-state index is 12.8. The van der Waals surface area contributed by atoms with Crippen molar-refractivity contribution in [1.29, 1.82) is 0 Å². The second-order valence-corrected chi connectivity index (χ2v) is 6.48. The second kappa shape index (κ2) is 8.03. The molecule has 0 unspecified atom stereocenters. The molecule has 3 aromatic rings. The van der Waals surface area contributed by atoms with E-state index < -0.39 is 0 Å². The first-order valence-electron chi connectivity index (χ1n) is 8.73. The van der Waals surface area contributed by atoms with Gasteiger partial charge in [0.25, 0.3) is 0 Å². The van der Waals surface area contributed by atoms with Gasteiger partial charge in [0.05, 0.1) is 7.11 Å². The number of Topliss-reactive ketones (excluding diaryl/α,β-unsaturated/α-hetero) is 1. The molecule has 0 amide bonds. The summed E-state index contributed by atoms with van der Waals surface area (Å²) < 4.78 is 16.5. The number of benzene rings is 2. The topological polar surface area (TPSA) is 74.5 Å². The Kier molecular flexibility index (Phi) is 5.54. The average molecular weight is 366 g/mol. The molecule has 140 valence electrons. The van der Waals surface area contributed by atoms with Crippen LogP contribution in [0.2, 0.25) is 0 Å². The fraction of sp³-hybridized carbons (Fsp3) is 0.286. The average Bonchev–Trinajstić information content (AvgIpc) is 3.12. The molecule has 6 nitrogen and oxygen atoms in total. The number of methoxy groups -OCH3 is 1. The summed E-state index contributed by atoms with van der Waals surface area (Å²) in [5.41, 5.74) is 2.07. The van der Waals surface area contributed by atoms with Crippen LogP contribution in [-0.4, -0.2) is 23.0 Å². The molecule has 3 rings (SSSR count). The van der Waals surface area contributed by atoms with Crippen LogP contribution < -0.4 is 9.47 Å². The lowest BCUT2D eigenvalue weighted by atomic mass is 9.95. The highest BCUT2D eigenvalue weighted by atomic mass is 16.5. The van der Waals surface area contributed by atoms with E-state index in [1.807, 2.05) is 44.2 Å². The monoisotopic (exact) mass is 366 g/mol. The molecule has 0 atom stereocenters. The summed E-state index contributed by atoms with van der Waals surface area (Å²) in [6, 6.07) is 13.2. The van der Waals surface area contributed by atoms with E-state index in [0.717, 1.165) is 5.56 Å². The first-order chi connectivity index (χ1) is 13.0. The van der Waals surface area contributed by atoms with Crippen molar-refractivity contribution in [2.45, 2.75) is 27.4 Å². The molecule has 0 N–H and O–H groups in total. The molecular weight excluding hydrogens is 344 g/mol. The number of aromatic nitrogens is 2. The van der Waals surface area contributed by atoms with Crippen molar-refractivity contribution >= 4 is 5.78 Å². The second-order valence-electron chi connectivity index (χ2n) is 6.48. The molecule has 27 heavy (non-hydrogen) atoms. The Balaban J connectivity index is 2.03. The number of hydrogen-bond donors (Lipinski definition) is 0. The van der Waals surface area contributed by atoms with E-state index >= 15 is 0 Å². The molecule has 0 spiro atoms. The molecule has 0 bridgehead atoms. The molecule has 2 aromatic carbocycles. The Hall–Kier alpha value is -3.15. The lowest BCUT2D eigenvalue weighted by molar-refractivity contribution is 0.0939. The van der Waals surface area contributed by atoms with E-state index in [9.17, 15) is 4.79 Å². The first kappa shape index (κ1) is 18.6. The van der Waals surface area contributed by atoms with E-state index in [2.05, 4.69) is 10.1 Å². The van der Waals surface area contributed by atoms with Gasteiger partial charge in [0.2, 0.25) is 11.7 Å². The van der Waals surface area contributed by atoms with Crippen LogP contribution in [0.1, 0.15) is 35.7 Å². The molecular formula is C21H22N2O4. The van der Waals surface area contributed by atoms with Crippen molar-refractivity contribution in [3.8, 4) is 22.9 Å². The van der Waals surface area contributed by atoms with Crippen LogP contribution in [0.25, 0.3) is 11.4 Å². The Morgan fingerprint density at radius 2 is 1.89 bits per heavy atom. The zero-order valence-corrected chi connectivity index (χ0v) is 15.9. The summed E-state index contributed by atoms with van der Waals surface area (Å²) in [6.07, 6.45) is 0. The predicted molar refractivity (Wildman–Crippen MR) is 101 cm³/mol. The zero-order chi connectivity index (χ0) is 19.4. The number of ether oxygens (including phenoxy) is 2. The maximum Gasteiger partial charge on any atom is 0.223 e. The number of nitrogens with zero attached hydrogens (tertiary/aromatic N) is 2. The third-order valence-electron chi connectivity index (χ3n) is 4.10. The van der Waals surface area contributed by atoms with Gasteiger partial charge in [-0.25, -0.2) is 0 Å². The molecule has 0 saturated heterocycles. The van der Waals surface area contributed by atoms with Crippen molar-refractivity contribution in [2.24, 2.45) is 5.92 Å². The van der Waals surface area contributed by atoms with Crippen molar-refractivity contribution in [1.82, 2.24) is 10.1 Å². The summed E-state index contributed by atoms with van der Waals surface area (Å²) in [5.74, 6) is 1.56. The minimum absolute atomic E-state index is 0.0281. The van der Waals surface area contributed by atoms with E-state index in [4.69, 9.17) is 14.0 Å². The zero-order valence-electron chi connectivity index (χ0n) is 15.9. The highest BCUT2D eigenvalue weighted by molar-refractivity contribution is 6.03. The third-order valence-corrected chi connectivity index (χ3v) is 4.10. The molecule has 1 aromatic heterocycles. The van der Waals surface area contributed by atoms with Crippen molar-refractivity contribution in [3.05, 3.63) is 59.5 Å². The predicted octanol–water partition coefficient (Wildman–Crippen LogP) is 4.47. The Labute approximate surface area is 158 Å². The molecule has 0 radical (unpaired) electrons. The summed E-state index contributed by atoms with van der Waals surface area (Å²) in [7, 11) is 1.56. The standard InChI is InChI=1S/C21H22N2O4/c1-13(2)20(24)16-10-19(26-12-15-8-6-5-7-9-15)18(25-4)11-17(16)21-22-14(3)27-23-21/h5-11,13H,12H2,1-4H3. The number of carbonyl (C=O) groups excluding carboxylic acids is 1. The molecule has 6 heteroatoms. The van der Waals surface area contributed by atoms with Crippen molar-refractivity contribution in [2.75, 3.05) is 7.11 Å². The van der Waals surface area contributed by atoms with Crippen LogP contribution in [-0.2, 0) is 6.61 Å². The largest absolute Gasteiger partial charge is 0.493 e. The Morgan fingerprint density at radius 3 is 2.48 bits per heavy atom. The summed E-state index contributed by atoms with van der Waals surface area (Å²) in [5, 5.41) is 3.95.